The van der Waals surface area contributed by atoms with Crippen LogP contribution in [0.4, 0.5) is 0 Å². The highest BCUT2D eigenvalue weighted by molar-refractivity contribution is 6.64. The highest BCUT2D eigenvalue weighted by atomic mass is 35.5. The Morgan fingerprint density at radius 2 is 1.09 bits per heavy atom. The molecule has 1 aromatic rings. The molecule has 0 bridgehead atoms. The van der Waals surface area contributed by atoms with E-state index in [9.17, 15) is 9.59 Å². The van der Waals surface area contributed by atoms with Crippen molar-refractivity contribution >= 4 is 33.7 Å². The Balaban J connectivity index is 2.14. The molecular formula is C14H16Cl2O6. The minimum Gasteiger partial charge on any atom is -0.491 e. The van der Waals surface area contributed by atoms with Crippen LogP contribution in [0, 0.1) is 0 Å². The van der Waals surface area contributed by atoms with Gasteiger partial charge >= 0.3 is 0 Å². The summed E-state index contributed by atoms with van der Waals surface area (Å²) in [7, 11) is 0. The lowest BCUT2D eigenvalue weighted by molar-refractivity contribution is -0.116. The smallest absolute Gasteiger partial charge is 0.247 e. The van der Waals surface area contributed by atoms with Crippen LogP contribution < -0.4 is 9.47 Å². The van der Waals surface area contributed by atoms with Crippen LogP contribution in [0.5, 0.6) is 11.5 Å². The predicted molar refractivity (Wildman–Crippen MR) is 80.8 cm³/mol. The average molecular weight is 351 g/mol. The fourth-order valence-corrected chi connectivity index (χ4v) is 1.53. The Kier molecular flexibility index (Phi) is 9.57. The molecule has 0 spiro atoms. The van der Waals surface area contributed by atoms with Gasteiger partial charge in [-0.15, -0.1) is 0 Å². The molecule has 22 heavy (non-hydrogen) atoms. The summed E-state index contributed by atoms with van der Waals surface area (Å²) in [5.74, 6) is 1.30. The summed E-state index contributed by atoms with van der Waals surface area (Å²) in [5, 5.41) is -1.08. The van der Waals surface area contributed by atoms with Crippen LogP contribution >= 0.6 is 23.2 Å². The van der Waals surface area contributed by atoms with E-state index in [0.29, 0.717) is 24.7 Å². The fourth-order valence-electron chi connectivity index (χ4n) is 1.37. The second-order valence-electron chi connectivity index (χ2n) is 3.98. The SMILES string of the molecule is O=C(Cl)COCCOc1ccc(OCCOCC(=O)Cl)cc1. The first-order chi connectivity index (χ1) is 10.6. The maximum absolute atomic E-state index is 10.4. The van der Waals surface area contributed by atoms with Gasteiger partial charge in [0.25, 0.3) is 0 Å². The van der Waals surface area contributed by atoms with E-state index in [0.717, 1.165) is 0 Å². The van der Waals surface area contributed by atoms with Crippen LogP contribution in [0.3, 0.4) is 0 Å². The Hall–Kier alpha value is -1.34. The summed E-state index contributed by atoms with van der Waals surface area (Å²) in [4.78, 5) is 20.9. The third kappa shape index (κ3) is 9.57. The molecule has 0 heterocycles. The maximum atomic E-state index is 10.4. The van der Waals surface area contributed by atoms with Crippen LogP contribution in [0.15, 0.2) is 24.3 Å². The molecular weight excluding hydrogens is 335 g/mol. The van der Waals surface area contributed by atoms with Crippen molar-refractivity contribution in [2.75, 3.05) is 39.6 Å². The third-order valence-electron chi connectivity index (χ3n) is 2.25. The zero-order valence-electron chi connectivity index (χ0n) is 11.8. The first-order valence-corrected chi connectivity index (χ1v) is 7.21. The van der Waals surface area contributed by atoms with Crippen LogP contribution in [0.2, 0.25) is 0 Å². The molecule has 8 heteroatoms. The number of carbonyl (C=O) groups excluding carboxylic acids is 2. The van der Waals surface area contributed by atoms with Gasteiger partial charge in [0.05, 0.1) is 13.2 Å². The molecule has 1 rings (SSSR count). The molecule has 122 valence electrons. The third-order valence-corrected chi connectivity index (χ3v) is 2.47. The molecule has 0 saturated heterocycles. The van der Waals surface area contributed by atoms with E-state index >= 15 is 0 Å². The molecule has 0 aromatic heterocycles. The van der Waals surface area contributed by atoms with Crippen LogP contribution in [0.1, 0.15) is 0 Å². The van der Waals surface area contributed by atoms with Gasteiger partial charge in [0, 0.05) is 0 Å². The molecule has 0 unspecified atom stereocenters. The van der Waals surface area contributed by atoms with Crippen LogP contribution in [0.25, 0.3) is 0 Å². The lowest BCUT2D eigenvalue weighted by Crippen LogP contribution is -2.10. The highest BCUT2D eigenvalue weighted by Crippen LogP contribution is 2.17. The van der Waals surface area contributed by atoms with E-state index in [1.165, 1.54) is 0 Å². The van der Waals surface area contributed by atoms with Gasteiger partial charge in [0.15, 0.2) is 0 Å². The minimum absolute atomic E-state index is 0.130. The van der Waals surface area contributed by atoms with Gasteiger partial charge in [-0.2, -0.15) is 0 Å². The van der Waals surface area contributed by atoms with Gasteiger partial charge in [0.1, 0.15) is 37.9 Å². The topological polar surface area (TPSA) is 71.1 Å². The van der Waals surface area contributed by atoms with Crippen molar-refractivity contribution in [1.82, 2.24) is 0 Å². The van der Waals surface area contributed by atoms with E-state index in [4.69, 9.17) is 42.1 Å². The molecule has 0 amide bonds. The van der Waals surface area contributed by atoms with Crippen molar-refractivity contribution in [2.24, 2.45) is 0 Å². The molecule has 0 saturated carbocycles. The van der Waals surface area contributed by atoms with E-state index in [1.807, 2.05) is 0 Å². The maximum Gasteiger partial charge on any atom is 0.247 e. The lowest BCUT2D eigenvalue weighted by atomic mass is 10.3. The summed E-state index contributed by atoms with van der Waals surface area (Å²) in [6.45, 7) is 0.903. The van der Waals surface area contributed by atoms with Crippen molar-refractivity contribution in [3.05, 3.63) is 24.3 Å². The minimum atomic E-state index is -0.541. The van der Waals surface area contributed by atoms with Crippen molar-refractivity contribution in [3.63, 3.8) is 0 Å². The summed E-state index contributed by atoms with van der Waals surface area (Å²) in [6, 6.07) is 6.97. The zero-order chi connectivity index (χ0) is 16.2. The summed E-state index contributed by atoms with van der Waals surface area (Å²) in [5.41, 5.74) is 0. The molecule has 0 fully saturated rings. The average Bonchev–Trinajstić information content (AvgIpc) is 2.47. The van der Waals surface area contributed by atoms with Gasteiger partial charge in [0.2, 0.25) is 10.5 Å². The van der Waals surface area contributed by atoms with Crippen molar-refractivity contribution in [2.45, 2.75) is 0 Å². The number of ether oxygens (including phenoxy) is 4. The summed E-state index contributed by atoms with van der Waals surface area (Å²) >= 11 is 10.2. The molecule has 0 atom stereocenters. The number of rotatable bonds is 12. The molecule has 1 aromatic carbocycles. The molecule has 0 aliphatic rings. The van der Waals surface area contributed by atoms with E-state index < -0.39 is 10.5 Å². The highest BCUT2D eigenvalue weighted by Gasteiger charge is 1.99. The van der Waals surface area contributed by atoms with E-state index in [-0.39, 0.29) is 26.4 Å². The van der Waals surface area contributed by atoms with Crippen molar-refractivity contribution in [3.8, 4) is 11.5 Å². The zero-order valence-corrected chi connectivity index (χ0v) is 13.3. The van der Waals surface area contributed by atoms with Gasteiger partial charge in [-0.05, 0) is 47.5 Å². The van der Waals surface area contributed by atoms with Crippen LogP contribution in [-0.2, 0) is 19.1 Å². The Morgan fingerprint density at radius 1 is 0.727 bits per heavy atom. The summed E-state index contributed by atoms with van der Waals surface area (Å²) in [6.07, 6.45) is 0. The predicted octanol–water partition coefficient (Wildman–Crippen LogP) is 2.01. The number of benzene rings is 1. The standard InChI is InChI=1S/C14H16Cl2O6/c15-13(17)9-19-5-7-21-11-1-2-12(4-3-11)22-8-6-20-10-14(16)18/h1-4H,5-10H2. The molecule has 0 N–H and O–H groups in total. The Morgan fingerprint density at radius 3 is 1.41 bits per heavy atom. The van der Waals surface area contributed by atoms with Gasteiger partial charge in [-0.3, -0.25) is 9.59 Å². The first-order valence-electron chi connectivity index (χ1n) is 6.45. The van der Waals surface area contributed by atoms with Gasteiger partial charge in [-0.1, -0.05) is 0 Å². The first kappa shape index (κ1) is 18.7. The molecule has 0 aliphatic carbocycles. The lowest BCUT2D eigenvalue weighted by Gasteiger charge is -2.08. The molecule has 6 nitrogen and oxygen atoms in total. The van der Waals surface area contributed by atoms with Gasteiger partial charge in [-0.25, -0.2) is 0 Å². The fraction of sp³-hybridized carbons (Fsp3) is 0.429. The van der Waals surface area contributed by atoms with Crippen molar-refractivity contribution < 1.29 is 28.5 Å². The van der Waals surface area contributed by atoms with Crippen molar-refractivity contribution in [1.29, 1.82) is 0 Å². The largest absolute Gasteiger partial charge is 0.491 e. The number of halogens is 2. The second-order valence-corrected chi connectivity index (χ2v) is 4.83. The monoisotopic (exact) mass is 350 g/mol. The number of carbonyl (C=O) groups is 2. The normalized spacial score (nSPS) is 10.3. The van der Waals surface area contributed by atoms with Gasteiger partial charge < -0.3 is 18.9 Å². The van der Waals surface area contributed by atoms with E-state index in [2.05, 4.69) is 0 Å². The van der Waals surface area contributed by atoms with E-state index in [1.54, 1.807) is 24.3 Å². The number of hydrogen-bond donors (Lipinski definition) is 0. The van der Waals surface area contributed by atoms with Crippen LogP contribution in [-0.4, -0.2) is 50.1 Å². The summed E-state index contributed by atoms with van der Waals surface area (Å²) < 4.78 is 20.7. The Bertz CT molecular complexity index is 420. The molecule has 0 radical (unpaired) electrons. The quantitative estimate of drug-likeness (QED) is 0.424. The number of hydrogen-bond acceptors (Lipinski definition) is 6. The second kappa shape index (κ2) is 11.3. The Labute approximate surface area is 138 Å². The molecule has 0 aliphatic heterocycles.